The molecule has 1 fully saturated rings. The molecule has 0 unspecified atom stereocenters. The number of carboxylic acid groups (broad SMARTS) is 1. The summed E-state index contributed by atoms with van der Waals surface area (Å²) in [6, 6.07) is -0.994. The van der Waals surface area contributed by atoms with Crippen molar-refractivity contribution in [3.8, 4) is 0 Å². The van der Waals surface area contributed by atoms with Gasteiger partial charge in [-0.1, -0.05) is 0 Å². The van der Waals surface area contributed by atoms with E-state index in [2.05, 4.69) is 15.3 Å². The predicted octanol–water partition coefficient (Wildman–Crippen LogP) is 1.38. The number of nitrogens with zero attached hydrogens (tertiary/aromatic N) is 2. The van der Waals surface area contributed by atoms with Gasteiger partial charge in [-0.2, -0.15) is 0 Å². The molecule has 0 bridgehead atoms. The van der Waals surface area contributed by atoms with E-state index in [0.29, 0.717) is 5.69 Å². The second-order valence-corrected chi connectivity index (χ2v) is 5.66. The summed E-state index contributed by atoms with van der Waals surface area (Å²) < 4.78 is 0. The Morgan fingerprint density at radius 1 is 1.48 bits per heavy atom. The molecule has 2 amide bonds. The summed E-state index contributed by atoms with van der Waals surface area (Å²) in [7, 11) is 0. The minimum absolute atomic E-state index is 0.135. The predicted molar refractivity (Wildman–Crippen MR) is 76.9 cm³/mol. The molecule has 0 saturated carbocycles. The number of aromatic amines is 1. The molecule has 3 N–H and O–H groups in total. The Labute approximate surface area is 123 Å². The third-order valence-electron chi connectivity index (χ3n) is 4.00. The molecule has 0 aliphatic carbocycles. The minimum atomic E-state index is -1.05. The Balaban J connectivity index is 2.02. The number of carbonyl (C=O) groups excluding carboxylic acids is 1. The maximum Gasteiger partial charge on any atom is 0.326 e. The summed E-state index contributed by atoms with van der Waals surface area (Å²) in [5, 5.41) is 11.9. The van der Waals surface area contributed by atoms with Crippen LogP contribution >= 0.6 is 0 Å². The van der Waals surface area contributed by atoms with Crippen molar-refractivity contribution < 1.29 is 14.7 Å². The molecule has 0 radical (unpaired) electrons. The van der Waals surface area contributed by atoms with Crippen molar-refractivity contribution in [1.29, 1.82) is 0 Å². The molecule has 21 heavy (non-hydrogen) atoms. The zero-order chi connectivity index (χ0) is 15.4. The fraction of sp³-hybridized carbons (Fsp3) is 0.643. The first-order chi connectivity index (χ1) is 9.99. The molecule has 7 heteroatoms. The van der Waals surface area contributed by atoms with E-state index < -0.39 is 12.0 Å². The molecular weight excluding hydrogens is 272 g/mol. The number of likely N-dealkylation sites (tertiary alicyclic amines) is 1. The summed E-state index contributed by atoms with van der Waals surface area (Å²) in [5.74, 6) is -1.05. The van der Waals surface area contributed by atoms with Crippen molar-refractivity contribution in [2.45, 2.75) is 57.7 Å². The zero-order valence-corrected chi connectivity index (χ0v) is 12.4. The second kappa shape index (κ2) is 6.60. The number of aromatic nitrogens is 2. The standard InChI is InChI=1S/C14H22N4O3/c1-9-4-3-5-10(2)18(9)14(21)17-12(13(19)20)6-11-7-15-8-16-11/h7-10,12H,3-6H2,1-2H3,(H,15,16)(H,17,21)(H,19,20)/t9-,10+,12-/m0/s1. The summed E-state index contributed by atoms with van der Waals surface area (Å²) in [6.07, 6.45) is 6.26. The number of amides is 2. The van der Waals surface area contributed by atoms with Gasteiger partial charge in [0, 0.05) is 30.4 Å². The highest BCUT2D eigenvalue weighted by Gasteiger charge is 2.31. The maximum atomic E-state index is 12.4. The van der Waals surface area contributed by atoms with E-state index in [1.54, 1.807) is 11.1 Å². The fourth-order valence-electron chi connectivity index (χ4n) is 2.86. The lowest BCUT2D eigenvalue weighted by Crippen LogP contribution is -2.55. The average Bonchev–Trinajstić information content (AvgIpc) is 2.90. The summed E-state index contributed by atoms with van der Waals surface area (Å²) in [6.45, 7) is 4.00. The van der Waals surface area contributed by atoms with E-state index in [9.17, 15) is 14.7 Å². The van der Waals surface area contributed by atoms with Gasteiger partial charge in [0.25, 0.3) is 0 Å². The molecule has 116 valence electrons. The number of rotatable bonds is 4. The van der Waals surface area contributed by atoms with Crippen LogP contribution in [0.3, 0.4) is 0 Å². The van der Waals surface area contributed by atoms with E-state index in [1.807, 2.05) is 13.8 Å². The lowest BCUT2D eigenvalue weighted by atomic mass is 9.98. The molecule has 1 saturated heterocycles. The highest BCUT2D eigenvalue weighted by Crippen LogP contribution is 2.22. The van der Waals surface area contributed by atoms with Gasteiger partial charge < -0.3 is 20.3 Å². The van der Waals surface area contributed by atoms with Crippen molar-refractivity contribution in [2.24, 2.45) is 0 Å². The number of nitrogens with one attached hydrogen (secondary N) is 2. The summed E-state index contributed by atoms with van der Waals surface area (Å²) >= 11 is 0. The minimum Gasteiger partial charge on any atom is -0.480 e. The lowest BCUT2D eigenvalue weighted by molar-refractivity contribution is -0.139. The quantitative estimate of drug-likeness (QED) is 0.781. The van der Waals surface area contributed by atoms with Crippen LogP contribution in [0.25, 0.3) is 0 Å². The van der Waals surface area contributed by atoms with Crippen molar-refractivity contribution in [1.82, 2.24) is 20.2 Å². The molecule has 7 nitrogen and oxygen atoms in total. The van der Waals surface area contributed by atoms with Gasteiger partial charge in [-0.25, -0.2) is 14.6 Å². The number of H-pyrrole nitrogens is 1. The van der Waals surface area contributed by atoms with E-state index in [0.717, 1.165) is 19.3 Å². The molecule has 1 aliphatic rings. The van der Waals surface area contributed by atoms with Crippen molar-refractivity contribution in [3.05, 3.63) is 18.2 Å². The van der Waals surface area contributed by atoms with Crippen LogP contribution in [-0.4, -0.2) is 50.1 Å². The van der Waals surface area contributed by atoms with Crippen LogP contribution in [0.4, 0.5) is 4.79 Å². The summed E-state index contributed by atoms with van der Waals surface area (Å²) in [4.78, 5) is 32.2. The van der Waals surface area contributed by atoms with Crippen molar-refractivity contribution in [2.75, 3.05) is 0 Å². The van der Waals surface area contributed by atoms with Gasteiger partial charge in [0.15, 0.2) is 0 Å². The molecule has 1 aliphatic heterocycles. The van der Waals surface area contributed by atoms with Crippen LogP contribution < -0.4 is 5.32 Å². The maximum absolute atomic E-state index is 12.4. The Bertz CT molecular complexity index is 478. The third kappa shape index (κ3) is 3.74. The van der Waals surface area contributed by atoms with E-state index in [4.69, 9.17) is 0 Å². The molecule has 2 rings (SSSR count). The van der Waals surface area contributed by atoms with Crippen LogP contribution in [-0.2, 0) is 11.2 Å². The number of carbonyl (C=O) groups is 2. The zero-order valence-electron chi connectivity index (χ0n) is 12.4. The Morgan fingerprint density at radius 2 is 2.14 bits per heavy atom. The Morgan fingerprint density at radius 3 is 2.67 bits per heavy atom. The fourth-order valence-corrected chi connectivity index (χ4v) is 2.86. The van der Waals surface area contributed by atoms with E-state index in [-0.39, 0.29) is 24.5 Å². The molecule has 1 aromatic heterocycles. The molecule has 0 spiro atoms. The number of piperidine rings is 1. The number of urea groups is 1. The largest absolute Gasteiger partial charge is 0.480 e. The van der Waals surface area contributed by atoms with Crippen molar-refractivity contribution >= 4 is 12.0 Å². The van der Waals surface area contributed by atoms with Crippen molar-refractivity contribution in [3.63, 3.8) is 0 Å². The van der Waals surface area contributed by atoms with Crippen LogP contribution in [0, 0.1) is 0 Å². The highest BCUT2D eigenvalue weighted by molar-refractivity contribution is 5.83. The van der Waals surface area contributed by atoms with Gasteiger partial charge in [0.05, 0.1) is 6.33 Å². The molecule has 1 aromatic rings. The number of hydrogen-bond donors (Lipinski definition) is 3. The van der Waals surface area contributed by atoms with Crippen LogP contribution in [0.2, 0.25) is 0 Å². The average molecular weight is 294 g/mol. The first-order valence-electron chi connectivity index (χ1n) is 7.28. The number of hydrogen-bond acceptors (Lipinski definition) is 3. The highest BCUT2D eigenvalue weighted by atomic mass is 16.4. The van der Waals surface area contributed by atoms with Crippen LogP contribution in [0.1, 0.15) is 38.8 Å². The molecule has 2 heterocycles. The molecular formula is C14H22N4O3. The van der Waals surface area contributed by atoms with Gasteiger partial charge >= 0.3 is 12.0 Å². The van der Waals surface area contributed by atoms with Crippen LogP contribution in [0.15, 0.2) is 12.5 Å². The molecule has 3 atom stereocenters. The first kappa shape index (κ1) is 15.3. The third-order valence-corrected chi connectivity index (χ3v) is 4.00. The smallest absolute Gasteiger partial charge is 0.326 e. The number of carboxylic acids is 1. The Kier molecular flexibility index (Phi) is 4.82. The van der Waals surface area contributed by atoms with E-state index in [1.165, 1.54) is 6.33 Å². The Hall–Kier alpha value is -2.05. The van der Waals surface area contributed by atoms with Gasteiger partial charge in [0.1, 0.15) is 6.04 Å². The SMILES string of the molecule is C[C@@H]1CCC[C@H](C)N1C(=O)N[C@@H](Cc1cnc[nH]1)C(=O)O. The van der Waals surface area contributed by atoms with Gasteiger partial charge in [-0.3, -0.25) is 0 Å². The first-order valence-corrected chi connectivity index (χ1v) is 7.28. The molecule has 0 aromatic carbocycles. The van der Waals surface area contributed by atoms with Gasteiger partial charge in [-0.15, -0.1) is 0 Å². The monoisotopic (exact) mass is 294 g/mol. The topological polar surface area (TPSA) is 98.3 Å². The lowest BCUT2D eigenvalue weighted by Gasteiger charge is -2.39. The van der Waals surface area contributed by atoms with Gasteiger partial charge in [0.2, 0.25) is 0 Å². The van der Waals surface area contributed by atoms with Crippen LogP contribution in [0.5, 0.6) is 0 Å². The normalized spacial score (nSPS) is 23.6. The number of aliphatic carboxylic acids is 1. The van der Waals surface area contributed by atoms with E-state index >= 15 is 0 Å². The summed E-state index contributed by atoms with van der Waals surface area (Å²) in [5.41, 5.74) is 0.683. The number of imidazole rings is 1. The second-order valence-electron chi connectivity index (χ2n) is 5.66. The van der Waals surface area contributed by atoms with Gasteiger partial charge in [-0.05, 0) is 33.1 Å².